The van der Waals surface area contributed by atoms with Gasteiger partial charge in [0.05, 0.1) is 27.7 Å². The summed E-state index contributed by atoms with van der Waals surface area (Å²) in [6.45, 7) is 2.28. The highest BCUT2D eigenvalue weighted by Crippen LogP contribution is 2.48. The summed E-state index contributed by atoms with van der Waals surface area (Å²) in [4.78, 5) is 8.66. The van der Waals surface area contributed by atoms with Crippen molar-refractivity contribution >= 4 is 34.1 Å². The number of rotatable bonds is 2. The SMILES string of the molecule is Fc1ccc(N2CCN(c3n[nH]c4cc(F)cc(Cl)c34)C3(CC3)C2)nc1. The number of nitrogens with one attached hydrogen (secondary N) is 1. The minimum absolute atomic E-state index is 0.0336. The molecular weight excluding hydrogens is 360 g/mol. The maximum absolute atomic E-state index is 13.6. The fraction of sp³-hybridized carbons (Fsp3) is 0.333. The normalized spacial score (nSPS) is 18.7. The molecule has 1 spiro atoms. The summed E-state index contributed by atoms with van der Waals surface area (Å²) < 4.78 is 26.7. The first-order valence-corrected chi connectivity index (χ1v) is 8.91. The Morgan fingerprint density at radius 1 is 1.12 bits per heavy atom. The summed E-state index contributed by atoms with van der Waals surface area (Å²) in [5, 5.41) is 8.45. The molecule has 2 aliphatic rings. The molecule has 1 saturated carbocycles. The van der Waals surface area contributed by atoms with Crippen LogP contribution in [0.3, 0.4) is 0 Å². The van der Waals surface area contributed by atoms with Crippen LogP contribution in [0.1, 0.15) is 12.8 Å². The number of hydrogen-bond acceptors (Lipinski definition) is 4. The third kappa shape index (κ3) is 2.41. The molecule has 1 saturated heterocycles. The smallest absolute Gasteiger partial charge is 0.160 e. The average molecular weight is 376 g/mol. The monoisotopic (exact) mass is 375 g/mol. The molecule has 1 aliphatic carbocycles. The van der Waals surface area contributed by atoms with Gasteiger partial charge >= 0.3 is 0 Å². The van der Waals surface area contributed by atoms with E-state index in [2.05, 4.69) is 25.0 Å². The third-order valence-electron chi connectivity index (χ3n) is 5.33. The van der Waals surface area contributed by atoms with Gasteiger partial charge in [0.15, 0.2) is 5.82 Å². The molecule has 3 heterocycles. The van der Waals surface area contributed by atoms with Gasteiger partial charge in [-0.1, -0.05) is 11.6 Å². The zero-order chi connectivity index (χ0) is 17.9. The average Bonchev–Trinajstić information content (AvgIpc) is 3.24. The summed E-state index contributed by atoms with van der Waals surface area (Å²) in [6.07, 6.45) is 3.33. The highest BCUT2D eigenvalue weighted by Gasteiger charge is 2.52. The Hall–Kier alpha value is -2.41. The number of nitrogens with zero attached hydrogens (tertiary/aromatic N) is 4. The van der Waals surface area contributed by atoms with Gasteiger partial charge in [-0.05, 0) is 37.1 Å². The van der Waals surface area contributed by atoms with Gasteiger partial charge in [-0.2, -0.15) is 5.10 Å². The second kappa shape index (κ2) is 5.54. The van der Waals surface area contributed by atoms with E-state index < -0.39 is 0 Å². The van der Waals surface area contributed by atoms with Crippen LogP contribution in [0.4, 0.5) is 20.4 Å². The number of H-pyrrole nitrogens is 1. The van der Waals surface area contributed by atoms with Gasteiger partial charge in [0, 0.05) is 19.6 Å². The van der Waals surface area contributed by atoms with Crippen LogP contribution >= 0.6 is 11.6 Å². The lowest BCUT2D eigenvalue weighted by molar-refractivity contribution is 0.502. The van der Waals surface area contributed by atoms with E-state index in [0.29, 0.717) is 10.5 Å². The number of aromatic amines is 1. The Morgan fingerprint density at radius 3 is 2.69 bits per heavy atom. The third-order valence-corrected chi connectivity index (χ3v) is 5.63. The van der Waals surface area contributed by atoms with Crippen molar-refractivity contribution < 1.29 is 8.78 Å². The predicted molar refractivity (Wildman–Crippen MR) is 96.8 cm³/mol. The van der Waals surface area contributed by atoms with Gasteiger partial charge < -0.3 is 9.80 Å². The van der Waals surface area contributed by atoms with Gasteiger partial charge in [0.2, 0.25) is 0 Å². The first-order chi connectivity index (χ1) is 12.6. The first-order valence-electron chi connectivity index (χ1n) is 8.53. The summed E-state index contributed by atoms with van der Waals surface area (Å²) in [5.74, 6) is 0.836. The fourth-order valence-corrected chi connectivity index (χ4v) is 4.18. The quantitative estimate of drug-likeness (QED) is 0.741. The molecule has 2 fully saturated rings. The summed E-state index contributed by atoms with van der Waals surface area (Å²) in [6, 6.07) is 5.88. The molecule has 134 valence electrons. The van der Waals surface area contributed by atoms with E-state index in [1.165, 1.54) is 24.4 Å². The van der Waals surface area contributed by atoms with E-state index in [-0.39, 0.29) is 17.2 Å². The molecular formula is C18H16ClF2N5. The van der Waals surface area contributed by atoms with Gasteiger partial charge in [-0.25, -0.2) is 13.8 Å². The van der Waals surface area contributed by atoms with E-state index in [4.69, 9.17) is 11.6 Å². The van der Waals surface area contributed by atoms with Gasteiger partial charge in [-0.15, -0.1) is 0 Å². The zero-order valence-electron chi connectivity index (χ0n) is 13.8. The number of pyridine rings is 1. The Kier molecular flexibility index (Phi) is 3.37. The van der Waals surface area contributed by atoms with Crippen molar-refractivity contribution in [2.24, 2.45) is 0 Å². The molecule has 1 N–H and O–H groups in total. The zero-order valence-corrected chi connectivity index (χ0v) is 14.6. The van der Waals surface area contributed by atoms with Crippen molar-refractivity contribution in [3.05, 3.63) is 47.1 Å². The molecule has 0 amide bonds. The van der Waals surface area contributed by atoms with Crippen molar-refractivity contribution in [1.29, 1.82) is 0 Å². The van der Waals surface area contributed by atoms with E-state index in [1.54, 1.807) is 6.07 Å². The first kappa shape index (κ1) is 15.8. The van der Waals surface area contributed by atoms with E-state index >= 15 is 0 Å². The lowest BCUT2D eigenvalue weighted by Crippen LogP contribution is -2.55. The number of hydrogen-bond donors (Lipinski definition) is 1. The lowest BCUT2D eigenvalue weighted by atomic mass is 10.1. The molecule has 26 heavy (non-hydrogen) atoms. The standard InChI is InChI=1S/C18H16ClF2N5/c19-13-7-12(21)8-14-16(13)17(24-23-14)26-6-5-25(10-18(26)3-4-18)15-2-1-11(20)9-22-15/h1-2,7-9H,3-6,10H2,(H,23,24). The van der Waals surface area contributed by atoms with Crippen LogP contribution in [0.25, 0.3) is 10.9 Å². The Bertz CT molecular complexity index is 983. The molecule has 0 atom stereocenters. The van der Waals surface area contributed by atoms with Gasteiger partial charge in [-0.3, -0.25) is 5.10 Å². The van der Waals surface area contributed by atoms with Crippen LogP contribution in [0.2, 0.25) is 5.02 Å². The van der Waals surface area contributed by atoms with Crippen molar-refractivity contribution in [3.63, 3.8) is 0 Å². The van der Waals surface area contributed by atoms with Crippen LogP contribution in [-0.4, -0.2) is 40.4 Å². The van der Waals surface area contributed by atoms with Crippen molar-refractivity contribution in [2.45, 2.75) is 18.4 Å². The predicted octanol–water partition coefficient (Wildman–Crippen LogP) is 3.75. The molecule has 2 aromatic heterocycles. The highest BCUT2D eigenvalue weighted by molar-refractivity contribution is 6.36. The van der Waals surface area contributed by atoms with Crippen LogP contribution in [0.15, 0.2) is 30.5 Å². The number of anilines is 2. The lowest BCUT2D eigenvalue weighted by Gasteiger charge is -2.43. The molecule has 1 aliphatic heterocycles. The van der Waals surface area contributed by atoms with E-state index in [9.17, 15) is 8.78 Å². The second-order valence-corrected chi connectivity index (χ2v) is 7.40. The second-order valence-electron chi connectivity index (χ2n) is 6.99. The maximum atomic E-state index is 13.6. The molecule has 0 bridgehead atoms. The van der Waals surface area contributed by atoms with Gasteiger partial charge in [0.1, 0.15) is 17.5 Å². The number of fused-ring (bicyclic) bond motifs is 1. The molecule has 8 heteroatoms. The molecule has 1 aromatic carbocycles. The maximum Gasteiger partial charge on any atom is 0.160 e. The Labute approximate surface area is 153 Å². The molecule has 0 radical (unpaired) electrons. The molecule has 0 unspecified atom stereocenters. The number of halogens is 3. The van der Waals surface area contributed by atoms with Crippen LogP contribution < -0.4 is 9.80 Å². The van der Waals surface area contributed by atoms with Crippen molar-refractivity contribution in [2.75, 3.05) is 29.4 Å². The van der Waals surface area contributed by atoms with Crippen LogP contribution in [0, 0.1) is 11.6 Å². The number of benzene rings is 1. The minimum atomic E-state index is -0.383. The molecule has 3 aromatic rings. The Morgan fingerprint density at radius 2 is 1.96 bits per heavy atom. The van der Waals surface area contributed by atoms with Crippen LogP contribution in [-0.2, 0) is 0 Å². The van der Waals surface area contributed by atoms with Gasteiger partial charge in [0.25, 0.3) is 0 Å². The summed E-state index contributed by atoms with van der Waals surface area (Å²) in [5.41, 5.74) is 0.567. The van der Waals surface area contributed by atoms with E-state index in [0.717, 1.165) is 49.5 Å². The molecule has 5 rings (SSSR count). The fourth-order valence-electron chi connectivity index (χ4n) is 3.88. The van der Waals surface area contributed by atoms with Crippen molar-refractivity contribution in [3.8, 4) is 0 Å². The van der Waals surface area contributed by atoms with Crippen molar-refractivity contribution in [1.82, 2.24) is 15.2 Å². The largest absolute Gasteiger partial charge is 0.352 e. The topological polar surface area (TPSA) is 48.0 Å². The summed E-state index contributed by atoms with van der Waals surface area (Å²) >= 11 is 6.30. The number of piperazine rings is 1. The Balaban J connectivity index is 1.48. The number of aromatic nitrogens is 3. The minimum Gasteiger partial charge on any atom is -0.352 e. The summed E-state index contributed by atoms with van der Waals surface area (Å²) in [7, 11) is 0. The highest BCUT2D eigenvalue weighted by atomic mass is 35.5. The van der Waals surface area contributed by atoms with E-state index in [1.807, 2.05) is 0 Å². The molecule has 5 nitrogen and oxygen atoms in total. The van der Waals surface area contributed by atoms with Crippen LogP contribution in [0.5, 0.6) is 0 Å².